The van der Waals surface area contributed by atoms with Crippen molar-refractivity contribution >= 4 is 31.9 Å². The van der Waals surface area contributed by atoms with Gasteiger partial charge in [-0.1, -0.05) is 28.1 Å². The van der Waals surface area contributed by atoms with Crippen LogP contribution < -0.4 is 0 Å². The topological polar surface area (TPSA) is 0 Å². The van der Waals surface area contributed by atoms with E-state index < -0.39 is 22.3 Å². The second-order valence-corrected chi connectivity index (χ2v) is 5.38. The van der Waals surface area contributed by atoms with Crippen molar-refractivity contribution in [1.82, 2.24) is 0 Å². The Balaban J connectivity index is 2.51. The molecule has 0 radical (unpaired) electrons. The predicted molar refractivity (Wildman–Crippen MR) is 71.2 cm³/mol. The van der Waals surface area contributed by atoms with E-state index in [0.717, 1.165) is 18.2 Å². The lowest BCUT2D eigenvalue weighted by molar-refractivity contribution is 0.587. The maximum Gasteiger partial charge on any atom is 0.137 e. The van der Waals surface area contributed by atoms with E-state index in [1.54, 1.807) is 6.07 Å². The monoisotopic (exact) mass is 378 g/mol. The van der Waals surface area contributed by atoms with Gasteiger partial charge < -0.3 is 0 Å². The maximum atomic E-state index is 13.6. The van der Waals surface area contributed by atoms with Gasteiger partial charge in [0.2, 0.25) is 0 Å². The maximum absolute atomic E-state index is 13.6. The summed E-state index contributed by atoms with van der Waals surface area (Å²) in [5.41, 5.74) is 0.626. The fourth-order valence-electron chi connectivity index (χ4n) is 1.59. The van der Waals surface area contributed by atoms with Gasteiger partial charge in [0.15, 0.2) is 0 Å². The van der Waals surface area contributed by atoms with Crippen LogP contribution in [0, 0.1) is 17.5 Å². The molecule has 0 nitrogen and oxygen atoms in total. The Kier molecular flexibility index (Phi) is 4.12. The first-order chi connectivity index (χ1) is 8.50. The average molecular weight is 380 g/mol. The second-order valence-electron chi connectivity index (χ2n) is 3.67. The van der Waals surface area contributed by atoms with Gasteiger partial charge in [0.05, 0.1) is 9.30 Å². The molecule has 0 fully saturated rings. The molecular formula is C13H7Br2F3. The van der Waals surface area contributed by atoms with Crippen molar-refractivity contribution in [2.45, 2.75) is 4.83 Å². The van der Waals surface area contributed by atoms with Crippen LogP contribution in [0.4, 0.5) is 13.2 Å². The van der Waals surface area contributed by atoms with Crippen molar-refractivity contribution in [3.05, 3.63) is 69.4 Å². The summed E-state index contributed by atoms with van der Waals surface area (Å²) in [4.78, 5) is -0.627. The number of rotatable bonds is 2. The van der Waals surface area contributed by atoms with Gasteiger partial charge in [0, 0.05) is 5.56 Å². The summed E-state index contributed by atoms with van der Waals surface area (Å²) >= 11 is 6.36. The van der Waals surface area contributed by atoms with E-state index in [2.05, 4.69) is 31.9 Å². The van der Waals surface area contributed by atoms with E-state index >= 15 is 0 Å². The highest BCUT2D eigenvalue weighted by atomic mass is 79.9. The molecule has 1 atom stereocenters. The summed E-state index contributed by atoms with van der Waals surface area (Å²) in [5.74, 6) is -1.54. The molecule has 0 N–H and O–H groups in total. The quantitative estimate of drug-likeness (QED) is 0.617. The lowest BCUT2D eigenvalue weighted by atomic mass is 10.0. The Morgan fingerprint density at radius 3 is 2.33 bits per heavy atom. The molecule has 0 saturated carbocycles. The van der Waals surface area contributed by atoms with Crippen molar-refractivity contribution in [2.75, 3.05) is 0 Å². The van der Waals surface area contributed by atoms with Crippen LogP contribution in [0.2, 0.25) is 0 Å². The summed E-state index contributed by atoms with van der Waals surface area (Å²) in [7, 11) is 0. The summed E-state index contributed by atoms with van der Waals surface area (Å²) in [6.45, 7) is 0. The van der Waals surface area contributed by atoms with E-state index in [1.807, 2.05) is 0 Å². The largest absolute Gasteiger partial charge is 0.207 e. The molecule has 0 aliphatic heterocycles. The Morgan fingerprint density at radius 1 is 0.889 bits per heavy atom. The minimum absolute atomic E-state index is 0.126. The highest BCUT2D eigenvalue weighted by molar-refractivity contribution is 9.11. The number of benzene rings is 2. The van der Waals surface area contributed by atoms with Gasteiger partial charge in [-0.05, 0) is 45.8 Å². The Labute approximate surface area is 119 Å². The van der Waals surface area contributed by atoms with Crippen LogP contribution in [0.3, 0.4) is 0 Å². The van der Waals surface area contributed by atoms with Crippen LogP contribution in [-0.2, 0) is 0 Å². The van der Waals surface area contributed by atoms with Crippen molar-refractivity contribution < 1.29 is 13.2 Å². The molecule has 2 rings (SSSR count). The SMILES string of the molecule is Fc1ccc(F)c(C(Br)c2cccc(F)c2Br)c1. The minimum atomic E-state index is -0.627. The van der Waals surface area contributed by atoms with Crippen LogP contribution in [0.15, 0.2) is 40.9 Å². The highest BCUT2D eigenvalue weighted by Gasteiger charge is 2.19. The third kappa shape index (κ3) is 2.62. The molecule has 94 valence electrons. The van der Waals surface area contributed by atoms with Crippen molar-refractivity contribution in [1.29, 1.82) is 0 Å². The van der Waals surface area contributed by atoms with Crippen LogP contribution >= 0.6 is 31.9 Å². The van der Waals surface area contributed by atoms with Crippen molar-refractivity contribution in [2.24, 2.45) is 0 Å². The molecule has 1 unspecified atom stereocenters. The molecule has 5 heteroatoms. The van der Waals surface area contributed by atoms with Crippen molar-refractivity contribution in [3.63, 3.8) is 0 Å². The highest BCUT2D eigenvalue weighted by Crippen LogP contribution is 2.37. The standard InChI is InChI=1S/C13H7Br2F3/c14-12(8-2-1-3-11(18)13(8)15)9-6-7(16)4-5-10(9)17/h1-6,12H. The Bertz CT molecular complexity index is 582. The molecule has 0 bridgehead atoms. The average Bonchev–Trinajstić information content (AvgIpc) is 2.35. The normalized spacial score (nSPS) is 12.5. The first-order valence-corrected chi connectivity index (χ1v) is 6.74. The van der Waals surface area contributed by atoms with Gasteiger partial charge in [-0.3, -0.25) is 0 Å². The molecular weight excluding hydrogens is 373 g/mol. The lowest BCUT2D eigenvalue weighted by Crippen LogP contribution is -1.99. The van der Waals surface area contributed by atoms with Crippen molar-refractivity contribution in [3.8, 4) is 0 Å². The van der Waals surface area contributed by atoms with Gasteiger partial charge in [-0.25, -0.2) is 13.2 Å². The molecule has 0 aliphatic carbocycles. The number of alkyl halides is 1. The fourth-order valence-corrected chi connectivity index (χ4v) is 3.13. The van der Waals surface area contributed by atoms with Crippen LogP contribution in [0.25, 0.3) is 0 Å². The smallest absolute Gasteiger partial charge is 0.137 e. The first-order valence-electron chi connectivity index (χ1n) is 5.03. The van der Waals surface area contributed by atoms with E-state index in [9.17, 15) is 13.2 Å². The molecule has 0 spiro atoms. The summed E-state index contributed by atoms with van der Waals surface area (Å²) in [6, 6.07) is 7.62. The number of hydrogen-bond acceptors (Lipinski definition) is 0. The van der Waals surface area contributed by atoms with Gasteiger partial charge in [-0.15, -0.1) is 0 Å². The van der Waals surface area contributed by atoms with Crippen LogP contribution in [0.1, 0.15) is 16.0 Å². The van der Waals surface area contributed by atoms with Gasteiger partial charge in [-0.2, -0.15) is 0 Å². The zero-order chi connectivity index (χ0) is 13.3. The molecule has 2 aromatic rings. The van der Waals surface area contributed by atoms with E-state index in [-0.39, 0.29) is 10.0 Å². The number of hydrogen-bond donors (Lipinski definition) is 0. The van der Waals surface area contributed by atoms with Gasteiger partial charge in [0.1, 0.15) is 17.5 Å². The molecule has 2 aromatic carbocycles. The van der Waals surface area contributed by atoms with E-state index in [1.165, 1.54) is 12.1 Å². The summed E-state index contributed by atoms with van der Waals surface area (Å²) < 4.78 is 40.4. The van der Waals surface area contributed by atoms with Crippen LogP contribution in [0.5, 0.6) is 0 Å². The Hall–Kier alpha value is -0.810. The molecule has 0 saturated heterocycles. The third-order valence-corrected chi connectivity index (χ3v) is 4.31. The molecule has 0 aromatic heterocycles. The summed E-state index contributed by atoms with van der Waals surface area (Å²) in [6.07, 6.45) is 0. The van der Waals surface area contributed by atoms with E-state index in [0.29, 0.717) is 5.56 Å². The van der Waals surface area contributed by atoms with E-state index in [4.69, 9.17) is 0 Å². The molecule has 0 aliphatic rings. The third-order valence-electron chi connectivity index (χ3n) is 2.49. The second kappa shape index (κ2) is 5.45. The molecule has 0 heterocycles. The predicted octanol–water partition coefficient (Wildman–Crippen LogP) is 5.35. The van der Waals surface area contributed by atoms with Gasteiger partial charge in [0.25, 0.3) is 0 Å². The Morgan fingerprint density at radius 2 is 1.61 bits per heavy atom. The zero-order valence-electron chi connectivity index (χ0n) is 8.93. The minimum Gasteiger partial charge on any atom is -0.207 e. The van der Waals surface area contributed by atoms with Gasteiger partial charge >= 0.3 is 0 Å². The zero-order valence-corrected chi connectivity index (χ0v) is 12.1. The fraction of sp³-hybridized carbons (Fsp3) is 0.0769. The first kappa shape index (κ1) is 13.6. The molecule has 18 heavy (non-hydrogen) atoms. The summed E-state index contributed by atoms with van der Waals surface area (Å²) in [5, 5.41) is 0. The van der Waals surface area contributed by atoms with Crippen LogP contribution in [-0.4, -0.2) is 0 Å². The number of halogens is 5. The lowest BCUT2D eigenvalue weighted by Gasteiger charge is -2.14. The molecule has 0 amide bonds.